The molecular weight excluding hydrogens is 330 g/mol. The third-order valence-electron chi connectivity index (χ3n) is 5.03. The first-order valence-electron chi connectivity index (χ1n) is 9.22. The van der Waals surface area contributed by atoms with E-state index in [0.29, 0.717) is 5.69 Å². The Morgan fingerprint density at radius 2 is 1.65 bits per heavy atom. The van der Waals surface area contributed by atoms with Gasteiger partial charge in [-0.3, -0.25) is 4.79 Å². The molecule has 2 aliphatic rings. The van der Waals surface area contributed by atoms with E-state index in [1.807, 2.05) is 18.2 Å². The summed E-state index contributed by atoms with van der Waals surface area (Å²) in [6.45, 7) is 3.74. The van der Waals surface area contributed by atoms with Crippen LogP contribution in [0.25, 0.3) is 0 Å². The van der Waals surface area contributed by atoms with Crippen LogP contribution in [0.4, 0.5) is 11.6 Å². The number of amides is 1. The summed E-state index contributed by atoms with van der Waals surface area (Å²) in [7, 11) is 0. The molecular formula is C18H23N7O. The van der Waals surface area contributed by atoms with Gasteiger partial charge in [-0.1, -0.05) is 0 Å². The molecule has 2 aromatic heterocycles. The van der Waals surface area contributed by atoms with Crippen LogP contribution in [0.15, 0.2) is 30.5 Å². The second-order valence-corrected chi connectivity index (χ2v) is 6.79. The van der Waals surface area contributed by atoms with Crippen molar-refractivity contribution in [3.05, 3.63) is 36.2 Å². The van der Waals surface area contributed by atoms with Crippen LogP contribution in [0.5, 0.6) is 0 Å². The quantitative estimate of drug-likeness (QED) is 0.885. The minimum absolute atomic E-state index is 0.149. The molecule has 0 atom stereocenters. The monoisotopic (exact) mass is 353 g/mol. The van der Waals surface area contributed by atoms with Crippen molar-refractivity contribution in [1.82, 2.24) is 25.7 Å². The number of hydrogen-bond acceptors (Lipinski definition) is 7. The van der Waals surface area contributed by atoms with Crippen LogP contribution < -0.4 is 15.1 Å². The third-order valence-corrected chi connectivity index (χ3v) is 5.03. The molecule has 0 saturated carbocycles. The van der Waals surface area contributed by atoms with Gasteiger partial charge in [-0.05, 0) is 49.9 Å². The summed E-state index contributed by atoms with van der Waals surface area (Å²) >= 11 is 0. The molecule has 8 nitrogen and oxygen atoms in total. The van der Waals surface area contributed by atoms with E-state index in [2.05, 4.69) is 35.5 Å². The van der Waals surface area contributed by atoms with Crippen LogP contribution in [0.1, 0.15) is 36.2 Å². The van der Waals surface area contributed by atoms with E-state index in [9.17, 15) is 4.79 Å². The minimum atomic E-state index is -0.150. The Hall–Kier alpha value is -2.77. The molecule has 2 saturated heterocycles. The van der Waals surface area contributed by atoms with Crippen LogP contribution in [-0.2, 0) is 0 Å². The van der Waals surface area contributed by atoms with Gasteiger partial charge in [-0.25, -0.2) is 0 Å². The number of rotatable bonds is 4. The van der Waals surface area contributed by atoms with E-state index in [1.54, 1.807) is 12.3 Å². The maximum atomic E-state index is 12.4. The van der Waals surface area contributed by atoms with E-state index in [4.69, 9.17) is 0 Å². The second kappa shape index (κ2) is 7.63. The van der Waals surface area contributed by atoms with E-state index in [-0.39, 0.29) is 11.9 Å². The van der Waals surface area contributed by atoms with E-state index < -0.39 is 0 Å². The topological polar surface area (TPSA) is 87.1 Å². The summed E-state index contributed by atoms with van der Waals surface area (Å²) in [5.74, 6) is 1.60. The number of nitrogens with one attached hydrogen (secondary N) is 1. The summed E-state index contributed by atoms with van der Waals surface area (Å²) < 4.78 is 0. The van der Waals surface area contributed by atoms with Gasteiger partial charge in [-0.2, -0.15) is 5.10 Å². The van der Waals surface area contributed by atoms with E-state index in [1.165, 1.54) is 12.8 Å². The van der Waals surface area contributed by atoms with Crippen molar-refractivity contribution in [2.75, 3.05) is 36.0 Å². The Morgan fingerprint density at radius 1 is 0.923 bits per heavy atom. The Labute approximate surface area is 152 Å². The van der Waals surface area contributed by atoms with Crippen molar-refractivity contribution in [1.29, 1.82) is 0 Å². The summed E-state index contributed by atoms with van der Waals surface area (Å²) in [4.78, 5) is 16.8. The minimum Gasteiger partial charge on any atom is -0.355 e. The fraction of sp³-hybridized carbons (Fsp3) is 0.500. The summed E-state index contributed by atoms with van der Waals surface area (Å²) in [6.07, 6.45) is 5.81. The average Bonchev–Trinajstić information content (AvgIpc) is 3.24. The zero-order valence-corrected chi connectivity index (χ0v) is 14.7. The maximum absolute atomic E-state index is 12.4. The molecule has 136 valence electrons. The number of piperidine rings is 1. The Bertz CT molecular complexity index is 723. The Balaban J connectivity index is 1.30. The van der Waals surface area contributed by atoms with Gasteiger partial charge in [0.1, 0.15) is 0 Å². The van der Waals surface area contributed by atoms with E-state index in [0.717, 1.165) is 50.7 Å². The van der Waals surface area contributed by atoms with Crippen molar-refractivity contribution in [3.8, 4) is 0 Å². The van der Waals surface area contributed by atoms with Crippen LogP contribution in [-0.4, -0.2) is 58.5 Å². The van der Waals surface area contributed by atoms with Crippen LogP contribution >= 0.6 is 0 Å². The molecule has 8 heteroatoms. The predicted octanol–water partition coefficient (Wildman–Crippen LogP) is 1.27. The first kappa shape index (κ1) is 16.7. The average molecular weight is 353 g/mol. The zero-order chi connectivity index (χ0) is 17.8. The Morgan fingerprint density at radius 3 is 2.31 bits per heavy atom. The fourth-order valence-corrected chi connectivity index (χ4v) is 3.54. The number of carbonyl (C=O) groups excluding carboxylic acids is 1. The highest BCUT2D eigenvalue weighted by molar-refractivity contribution is 5.92. The first-order chi connectivity index (χ1) is 12.8. The highest BCUT2D eigenvalue weighted by atomic mass is 16.2. The lowest BCUT2D eigenvalue weighted by Crippen LogP contribution is -2.45. The number of aromatic nitrogens is 4. The maximum Gasteiger partial charge on any atom is 0.272 e. The van der Waals surface area contributed by atoms with Gasteiger partial charge >= 0.3 is 0 Å². The van der Waals surface area contributed by atoms with E-state index >= 15 is 0 Å². The van der Waals surface area contributed by atoms with Crippen LogP contribution in [0.3, 0.4) is 0 Å². The van der Waals surface area contributed by atoms with Gasteiger partial charge in [0.2, 0.25) is 0 Å². The molecule has 4 heterocycles. The zero-order valence-electron chi connectivity index (χ0n) is 14.7. The molecule has 4 rings (SSSR count). The molecule has 26 heavy (non-hydrogen) atoms. The number of nitrogens with zero attached hydrogens (tertiary/aromatic N) is 6. The predicted molar refractivity (Wildman–Crippen MR) is 98.2 cm³/mol. The normalized spacial score (nSPS) is 18.2. The summed E-state index contributed by atoms with van der Waals surface area (Å²) in [6, 6.07) is 7.66. The molecule has 1 amide bonds. The van der Waals surface area contributed by atoms with Crippen molar-refractivity contribution in [2.24, 2.45) is 0 Å². The van der Waals surface area contributed by atoms with Crippen molar-refractivity contribution in [2.45, 2.75) is 31.7 Å². The lowest BCUT2D eigenvalue weighted by Gasteiger charge is -2.32. The molecule has 1 N–H and O–H groups in total. The SMILES string of the molecule is O=C(NC1CCN(c2cccnn2)CC1)c1ccc(N2CCCC2)nn1. The highest BCUT2D eigenvalue weighted by Gasteiger charge is 2.23. The standard InChI is InChI=1S/C18H23N7O/c26-18(15-5-6-17(23-21-15)24-10-1-2-11-24)20-14-7-12-25(13-8-14)16-4-3-9-19-22-16/h3-6,9,14H,1-2,7-8,10-13H2,(H,20,26). The van der Waals surface area contributed by atoms with Gasteiger partial charge in [-0.15, -0.1) is 15.3 Å². The highest BCUT2D eigenvalue weighted by Crippen LogP contribution is 2.18. The molecule has 2 fully saturated rings. The fourth-order valence-electron chi connectivity index (χ4n) is 3.54. The molecule has 2 aromatic rings. The largest absolute Gasteiger partial charge is 0.355 e. The number of anilines is 2. The van der Waals surface area contributed by atoms with Gasteiger partial charge < -0.3 is 15.1 Å². The van der Waals surface area contributed by atoms with Gasteiger partial charge in [0.05, 0.1) is 0 Å². The summed E-state index contributed by atoms with van der Waals surface area (Å²) in [5, 5.41) is 19.5. The van der Waals surface area contributed by atoms with Crippen LogP contribution in [0.2, 0.25) is 0 Å². The van der Waals surface area contributed by atoms with Gasteiger partial charge in [0, 0.05) is 38.4 Å². The molecule has 0 spiro atoms. The van der Waals surface area contributed by atoms with Crippen molar-refractivity contribution < 1.29 is 4.79 Å². The molecule has 0 bridgehead atoms. The summed E-state index contributed by atoms with van der Waals surface area (Å²) in [5.41, 5.74) is 0.379. The van der Waals surface area contributed by atoms with Crippen molar-refractivity contribution >= 4 is 17.5 Å². The lowest BCUT2D eigenvalue weighted by atomic mass is 10.0. The number of carbonyl (C=O) groups is 1. The molecule has 0 aromatic carbocycles. The first-order valence-corrected chi connectivity index (χ1v) is 9.22. The molecule has 0 aliphatic carbocycles. The lowest BCUT2D eigenvalue weighted by molar-refractivity contribution is 0.0925. The van der Waals surface area contributed by atoms with Crippen molar-refractivity contribution in [3.63, 3.8) is 0 Å². The second-order valence-electron chi connectivity index (χ2n) is 6.79. The van der Waals surface area contributed by atoms with Crippen LogP contribution in [0, 0.1) is 0 Å². The van der Waals surface area contributed by atoms with Gasteiger partial charge in [0.25, 0.3) is 5.91 Å². The number of hydrogen-bond donors (Lipinski definition) is 1. The molecule has 0 radical (unpaired) electrons. The van der Waals surface area contributed by atoms with Gasteiger partial charge in [0.15, 0.2) is 17.3 Å². The third kappa shape index (κ3) is 3.74. The molecule has 0 unspecified atom stereocenters. The molecule has 2 aliphatic heterocycles. The smallest absolute Gasteiger partial charge is 0.272 e. The Kier molecular flexibility index (Phi) is 4.90.